The summed E-state index contributed by atoms with van der Waals surface area (Å²) < 4.78 is 0. The van der Waals surface area contributed by atoms with Gasteiger partial charge in [0.15, 0.2) is 0 Å². The largest absolute Gasteiger partial charge is 0.481 e. The summed E-state index contributed by atoms with van der Waals surface area (Å²) in [6.07, 6.45) is 35.0. The molecule has 0 unspecified atom stereocenters. The van der Waals surface area contributed by atoms with Gasteiger partial charge in [0.2, 0.25) is 0 Å². The first-order valence-corrected chi connectivity index (χ1v) is 14.8. The van der Waals surface area contributed by atoms with Gasteiger partial charge in [0.1, 0.15) is 0 Å². The number of rotatable bonds is 27. The van der Waals surface area contributed by atoms with Crippen LogP contribution in [0.3, 0.4) is 0 Å². The molecule has 0 saturated carbocycles. The molecule has 32 heavy (non-hydrogen) atoms. The highest BCUT2D eigenvalue weighted by Crippen LogP contribution is 2.16. The molecule has 0 rings (SSSR count). The number of carboxylic acid groups (broad SMARTS) is 1. The van der Waals surface area contributed by atoms with Crippen molar-refractivity contribution >= 4 is 5.97 Å². The second kappa shape index (κ2) is 26.7. The van der Waals surface area contributed by atoms with Crippen molar-refractivity contribution in [1.29, 1.82) is 0 Å². The van der Waals surface area contributed by atoms with Crippen LogP contribution in [0.15, 0.2) is 0 Å². The fourth-order valence-electron chi connectivity index (χ4n) is 4.72. The predicted molar refractivity (Wildman–Crippen MR) is 143 cm³/mol. The zero-order valence-electron chi connectivity index (χ0n) is 22.3. The Morgan fingerprint density at radius 2 is 0.656 bits per heavy atom. The van der Waals surface area contributed by atoms with Crippen molar-refractivity contribution in [3.63, 3.8) is 0 Å². The van der Waals surface area contributed by atoms with Crippen molar-refractivity contribution in [3.05, 3.63) is 0 Å². The van der Waals surface area contributed by atoms with E-state index in [1.54, 1.807) is 0 Å². The van der Waals surface area contributed by atoms with Crippen LogP contribution in [0.2, 0.25) is 0 Å². The lowest BCUT2D eigenvalue weighted by Gasteiger charge is -2.05. The van der Waals surface area contributed by atoms with E-state index in [-0.39, 0.29) is 0 Å². The van der Waals surface area contributed by atoms with Crippen molar-refractivity contribution in [2.45, 2.75) is 181 Å². The third-order valence-electron chi connectivity index (χ3n) is 6.92. The molecule has 0 aromatic rings. The van der Waals surface area contributed by atoms with Crippen LogP contribution in [0.4, 0.5) is 0 Å². The van der Waals surface area contributed by atoms with Gasteiger partial charge in [-0.3, -0.25) is 4.79 Å². The summed E-state index contributed by atoms with van der Waals surface area (Å²) in [6, 6.07) is 0. The van der Waals surface area contributed by atoms with E-state index in [9.17, 15) is 4.79 Å². The third kappa shape index (κ3) is 29.5. The second-order valence-electron chi connectivity index (χ2n) is 10.8. The molecule has 0 aliphatic carbocycles. The van der Waals surface area contributed by atoms with E-state index in [1.807, 2.05) is 0 Å². The molecule has 0 fully saturated rings. The Hall–Kier alpha value is -0.530. The maximum Gasteiger partial charge on any atom is 0.303 e. The molecule has 0 spiro atoms. The van der Waals surface area contributed by atoms with Crippen molar-refractivity contribution < 1.29 is 9.90 Å². The summed E-state index contributed by atoms with van der Waals surface area (Å²) in [4.78, 5) is 10.4. The predicted octanol–water partition coefficient (Wildman–Crippen LogP) is 10.9. The number of unbranched alkanes of at least 4 members (excludes halogenated alkanes) is 23. The molecular weight excluding hydrogens is 392 g/mol. The van der Waals surface area contributed by atoms with Gasteiger partial charge in [0, 0.05) is 6.42 Å². The molecule has 192 valence electrons. The second-order valence-corrected chi connectivity index (χ2v) is 10.8. The van der Waals surface area contributed by atoms with E-state index in [4.69, 9.17) is 5.11 Å². The van der Waals surface area contributed by atoms with Crippen LogP contribution in [0.25, 0.3) is 0 Å². The van der Waals surface area contributed by atoms with Crippen LogP contribution < -0.4 is 0 Å². The van der Waals surface area contributed by atoms with Crippen LogP contribution in [0, 0.1) is 5.92 Å². The maximum absolute atomic E-state index is 10.4. The number of hydrogen-bond acceptors (Lipinski definition) is 1. The fraction of sp³-hybridized carbons (Fsp3) is 0.967. The molecule has 0 amide bonds. The molecule has 2 nitrogen and oxygen atoms in total. The molecule has 0 atom stereocenters. The molecule has 0 bridgehead atoms. The first-order chi connectivity index (χ1) is 15.6. The Labute approximate surface area is 202 Å². The average Bonchev–Trinajstić information content (AvgIpc) is 2.75. The van der Waals surface area contributed by atoms with E-state index < -0.39 is 5.97 Å². The highest BCUT2D eigenvalue weighted by atomic mass is 16.4. The van der Waals surface area contributed by atoms with Gasteiger partial charge in [-0.25, -0.2) is 0 Å². The first kappa shape index (κ1) is 31.5. The van der Waals surface area contributed by atoms with Gasteiger partial charge < -0.3 is 5.11 Å². The Morgan fingerprint density at radius 1 is 0.438 bits per heavy atom. The van der Waals surface area contributed by atoms with Crippen LogP contribution in [-0.2, 0) is 4.79 Å². The highest BCUT2D eigenvalue weighted by Gasteiger charge is 1.98. The average molecular weight is 453 g/mol. The summed E-state index contributed by atoms with van der Waals surface area (Å²) in [5.74, 6) is 0.237. The van der Waals surface area contributed by atoms with E-state index in [0.29, 0.717) is 6.42 Å². The van der Waals surface area contributed by atoms with E-state index >= 15 is 0 Å². The number of hydrogen-bond donors (Lipinski definition) is 1. The third-order valence-corrected chi connectivity index (χ3v) is 6.92. The van der Waals surface area contributed by atoms with Crippen molar-refractivity contribution in [2.75, 3.05) is 0 Å². The van der Waals surface area contributed by atoms with Crippen molar-refractivity contribution in [1.82, 2.24) is 0 Å². The van der Waals surface area contributed by atoms with Gasteiger partial charge >= 0.3 is 5.97 Å². The molecule has 0 heterocycles. The lowest BCUT2D eigenvalue weighted by atomic mass is 10.0. The Balaban J connectivity index is 3.02. The normalized spacial score (nSPS) is 11.5. The van der Waals surface area contributed by atoms with Crippen LogP contribution in [-0.4, -0.2) is 11.1 Å². The molecule has 0 saturated heterocycles. The summed E-state index contributed by atoms with van der Waals surface area (Å²) in [6.45, 7) is 4.67. The van der Waals surface area contributed by atoms with Gasteiger partial charge in [-0.05, 0) is 12.3 Å². The van der Waals surface area contributed by atoms with Crippen LogP contribution in [0.5, 0.6) is 0 Å². The molecule has 0 aromatic heterocycles. The van der Waals surface area contributed by atoms with Crippen molar-refractivity contribution in [3.8, 4) is 0 Å². The monoisotopic (exact) mass is 452 g/mol. The SMILES string of the molecule is CC(C)CCCCCCCCCCCCCCCCCCCCCCCCCCC(=O)O. The number of carboxylic acids is 1. The van der Waals surface area contributed by atoms with Crippen LogP contribution >= 0.6 is 0 Å². The fourth-order valence-corrected chi connectivity index (χ4v) is 4.72. The molecule has 0 radical (unpaired) electrons. The Bertz CT molecular complexity index is 364. The van der Waals surface area contributed by atoms with E-state index in [0.717, 1.165) is 18.8 Å². The molecule has 2 heteroatoms. The lowest BCUT2D eigenvalue weighted by Crippen LogP contribution is -1.93. The summed E-state index contributed by atoms with van der Waals surface area (Å²) >= 11 is 0. The van der Waals surface area contributed by atoms with Gasteiger partial charge in [-0.2, -0.15) is 0 Å². The number of aliphatic carboxylic acids is 1. The Kier molecular flexibility index (Phi) is 26.3. The van der Waals surface area contributed by atoms with Crippen LogP contribution in [0.1, 0.15) is 181 Å². The molecule has 0 aromatic carbocycles. The van der Waals surface area contributed by atoms with E-state index in [2.05, 4.69) is 13.8 Å². The highest BCUT2D eigenvalue weighted by molar-refractivity contribution is 5.66. The smallest absolute Gasteiger partial charge is 0.303 e. The minimum Gasteiger partial charge on any atom is -0.481 e. The maximum atomic E-state index is 10.4. The topological polar surface area (TPSA) is 37.3 Å². The summed E-state index contributed by atoms with van der Waals surface area (Å²) in [5.41, 5.74) is 0. The summed E-state index contributed by atoms with van der Waals surface area (Å²) in [5, 5.41) is 8.61. The molecule has 0 aliphatic rings. The van der Waals surface area contributed by atoms with Gasteiger partial charge in [-0.1, -0.05) is 168 Å². The van der Waals surface area contributed by atoms with Crippen molar-refractivity contribution in [2.24, 2.45) is 5.92 Å². The van der Waals surface area contributed by atoms with Gasteiger partial charge in [0.25, 0.3) is 0 Å². The molecule has 0 aliphatic heterocycles. The van der Waals surface area contributed by atoms with Gasteiger partial charge in [-0.15, -0.1) is 0 Å². The van der Waals surface area contributed by atoms with Gasteiger partial charge in [0.05, 0.1) is 0 Å². The minimum atomic E-state index is -0.649. The Morgan fingerprint density at radius 3 is 0.875 bits per heavy atom. The molecule has 1 N–H and O–H groups in total. The molecular formula is C30H60O2. The lowest BCUT2D eigenvalue weighted by molar-refractivity contribution is -0.137. The zero-order chi connectivity index (χ0) is 23.5. The minimum absolute atomic E-state index is 0.346. The standard InChI is InChI=1S/C30H60O2/c1-29(2)27-25-23-21-19-17-15-13-11-9-7-5-3-4-6-8-10-12-14-16-18-20-22-24-26-28-30(31)32/h29H,3-28H2,1-2H3,(H,31,32). The first-order valence-electron chi connectivity index (χ1n) is 14.8. The number of carbonyl (C=O) groups is 1. The zero-order valence-corrected chi connectivity index (χ0v) is 22.3. The summed E-state index contributed by atoms with van der Waals surface area (Å²) in [7, 11) is 0. The van der Waals surface area contributed by atoms with E-state index in [1.165, 1.54) is 148 Å². The quantitative estimate of drug-likeness (QED) is 0.126.